The Bertz CT molecular complexity index is 971. The molecular formula is C24H23NO4. The number of benzene rings is 2. The Morgan fingerprint density at radius 3 is 2.28 bits per heavy atom. The number of imide groups is 1. The van der Waals surface area contributed by atoms with Gasteiger partial charge in [-0.15, -0.1) is 0 Å². The van der Waals surface area contributed by atoms with Gasteiger partial charge in [0.1, 0.15) is 5.75 Å². The van der Waals surface area contributed by atoms with Gasteiger partial charge < -0.3 is 4.74 Å². The van der Waals surface area contributed by atoms with Crippen molar-refractivity contribution < 1.29 is 19.1 Å². The second-order valence-electron chi connectivity index (χ2n) is 8.42. The Hall–Kier alpha value is -2.95. The first-order valence-electron chi connectivity index (χ1n) is 10.2. The van der Waals surface area contributed by atoms with Gasteiger partial charge in [-0.3, -0.25) is 14.4 Å². The minimum atomic E-state index is -0.125. The maximum absolute atomic E-state index is 13.0. The zero-order valence-electron chi connectivity index (χ0n) is 16.3. The second kappa shape index (κ2) is 6.83. The number of hydrogen-bond acceptors (Lipinski definition) is 4. The number of nitrogens with zero attached hydrogens (tertiary/aromatic N) is 1. The molecule has 0 spiro atoms. The van der Waals surface area contributed by atoms with Gasteiger partial charge in [0.2, 0.25) is 11.8 Å². The summed E-state index contributed by atoms with van der Waals surface area (Å²) >= 11 is 0. The lowest BCUT2D eigenvalue weighted by atomic mass is 9.81. The molecule has 1 heterocycles. The standard InChI is InChI=1S/C24H23NO4/c1-14-11-18(29-13-20(26)15-5-3-2-4-6-15)9-10-19(14)25-23(27)21-16-7-8-17(12-16)22(21)24(25)28/h2-6,9-11,16-17,21-22H,7-8,12-13H2,1H3/t16-,17-,21+,22+/m0/s1. The summed E-state index contributed by atoms with van der Waals surface area (Å²) in [6.45, 7) is 1.81. The number of carbonyl (C=O) groups excluding carboxylic acids is 3. The zero-order chi connectivity index (χ0) is 20.1. The van der Waals surface area contributed by atoms with Gasteiger partial charge in [-0.1, -0.05) is 30.3 Å². The zero-order valence-corrected chi connectivity index (χ0v) is 16.3. The second-order valence-corrected chi connectivity index (χ2v) is 8.42. The van der Waals surface area contributed by atoms with Gasteiger partial charge in [0.05, 0.1) is 17.5 Å². The maximum Gasteiger partial charge on any atom is 0.237 e. The topological polar surface area (TPSA) is 63.7 Å². The van der Waals surface area contributed by atoms with E-state index in [2.05, 4.69) is 0 Å². The Kier molecular flexibility index (Phi) is 4.26. The summed E-state index contributed by atoms with van der Waals surface area (Å²) in [6.07, 6.45) is 3.17. The molecule has 0 unspecified atom stereocenters. The van der Waals surface area contributed by atoms with Crippen LogP contribution in [0.2, 0.25) is 0 Å². The van der Waals surface area contributed by atoms with E-state index in [1.807, 2.05) is 25.1 Å². The summed E-state index contributed by atoms with van der Waals surface area (Å²) in [6, 6.07) is 14.3. The number of ketones is 1. The van der Waals surface area contributed by atoms with Gasteiger partial charge in [0, 0.05) is 5.56 Å². The van der Waals surface area contributed by atoms with E-state index in [4.69, 9.17) is 4.74 Å². The fourth-order valence-electron chi connectivity index (χ4n) is 5.47. The predicted molar refractivity (Wildman–Crippen MR) is 108 cm³/mol. The summed E-state index contributed by atoms with van der Waals surface area (Å²) in [5, 5.41) is 0. The molecule has 2 amide bonds. The van der Waals surface area contributed by atoms with Crippen molar-refractivity contribution >= 4 is 23.3 Å². The van der Waals surface area contributed by atoms with Gasteiger partial charge in [-0.2, -0.15) is 0 Å². The summed E-state index contributed by atoms with van der Waals surface area (Å²) in [7, 11) is 0. The van der Waals surface area contributed by atoms with Gasteiger partial charge in [0.25, 0.3) is 0 Å². The molecule has 0 N–H and O–H groups in total. The molecule has 5 rings (SSSR count). The van der Waals surface area contributed by atoms with Crippen molar-refractivity contribution in [3.8, 4) is 5.75 Å². The van der Waals surface area contributed by atoms with Gasteiger partial charge in [-0.25, -0.2) is 4.90 Å². The van der Waals surface area contributed by atoms with E-state index in [9.17, 15) is 14.4 Å². The molecule has 2 saturated carbocycles. The molecular weight excluding hydrogens is 366 g/mol. The minimum absolute atomic E-state index is 0.0387. The third kappa shape index (κ3) is 2.87. The summed E-state index contributed by atoms with van der Waals surface area (Å²) < 4.78 is 5.66. The molecule has 2 aliphatic carbocycles. The number of rotatable bonds is 5. The van der Waals surface area contributed by atoms with Crippen LogP contribution in [0.25, 0.3) is 0 Å². The third-order valence-corrected chi connectivity index (χ3v) is 6.80. The quantitative estimate of drug-likeness (QED) is 0.577. The molecule has 5 heteroatoms. The Morgan fingerprint density at radius 2 is 1.66 bits per heavy atom. The fourth-order valence-corrected chi connectivity index (χ4v) is 5.47. The summed E-state index contributed by atoms with van der Waals surface area (Å²) in [4.78, 5) is 39.7. The number of hydrogen-bond donors (Lipinski definition) is 0. The van der Waals surface area contributed by atoms with Crippen molar-refractivity contribution in [3.63, 3.8) is 0 Å². The van der Waals surface area contributed by atoms with E-state index in [0.29, 0.717) is 28.8 Å². The number of anilines is 1. The van der Waals surface area contributed by atoms with Crippen LogP contribution in [0.5, 0.6) is 5.75 Å². The molecule has 2 bridgehead atoms. The molecule has 3 fully saturated rings. The average molecular weight is 389 g/mol. The molecule has 1 saturated heterocycles. The first kappa shape index (κ1) is 18.1. The lowest BCUT2D eigenvalue weighted by Crippen LogP contribution is -2.33. The number of ether oxygens (including phenoxy) is 1. The van der Waals surface area contributed by atoms with Gasteiger partial charge >= 0.3 is 0 Å². The van der Waals surface area contributed by atoms with Crippen LogP contribution in [0.3, 0.4) is 0 Å². The SMILES string of the molecule is Cc1cc(OCC(=O)c2ccccc2)ccc1N1C(=O)[C@@H]2[C@H]3CC[C@@H](C3)[C@H]2C1=O. The number of aryl methyl sites for hydroxylation is 1. The molecule has 3 aliphatic rings. The predicted octanol–water partition coefficient (Wildman–Crippen LogP) is 3.79. The molecule has 0 radical (unpaired) electrons. The van der Waals surface area contributed by atoms with Gasteiger partial charge in [0.15, 0.2) is 12.4 Å². The lowest BCUT2D eigenvalue weighted by molar-refractivity contribution is -0.123. The van der Waals surface area contributed by atoms with E-state index >= 15 is 0 Å². The molecule has 5 nitrogen and oxygen atoms in total. The van der Waals surface area contributed by atoms with Crippen molar-refractivity contribution in [1.82, 2.24) is 0 Å². The highest BCUT2D eigenvalue weighted by molar-refractivity contribution is 6.23. The summed E-state index contributed by atoms with van der Waals surface area (Å²) in [5.41, 5.74) is 2.04. The van der Waals surface area contributed by atoms with Crippen LogP contribution in [-0.2, 0) is 9.59 Å². The third-order valence-electron chi connectivity index (χ3n) is 6.80. The highest BCUT2D eigenvalue weighted by Crippen LogP contribution is 2.56. The number of carbonyl (C=O) groups is 3. The molecule has 148 valence electrons. The van der Waals surface area contributed by atoms with Gasteiger partial charge in [-0.05, 0) is 61.8 Å². The van der Waals surface area contributed by atoms with E-state index in [-0.39, 0.29) is 36.0 Å². The van der Waals surface area contributed by atoms with Crippen LogP contribution in [0.4, 0.5) is 5.69 Å². The van der Waals surface area contributed by atoms with Crippen molar-refractivity contribution in [2.45, 2.75) is 26.2 Å². The Morgan fingerprint density at radius 1 is 1.00 bits per heavy atom. The lowest BCUT2D eigenvalue weighted by Gasteiger charge is -2.20. The molecule has 0 aromatic heterocycles. The van der Waals surface area contributed by atoms with E-state index in [0.717, 1.165) is 24.8 Å². The van der Waals surface area contributed by atoms with Crippen LogP contribution >= 0.6 is 0 Å². The van der Waals surface area contributed by atoms with Crippen LogP contribution in [-0.4, -0.2) is 24.2 Å². The molecule has 4 atom stereocenters. The molecule has 1 aliphatic heterocycles. The first-order valence-corrected chi connectivity index (χ1v) is 10.2. The number of amides is 2. The van der Waals surface area contributed by atoms with Crippen LogP contribution < -0.4 is 9.64 Å². The van der Waals surface area contributed by atoms with Crippen molar-refractivity contribution in [3.05, 3.63) is 59.7 Å². The highest BCUT2D eigenvalue weighted by atomic mass is 16.5. The highest BCUT2D eigenvalue weighted by Gasteiger charge is 2.61. The Labute approximate surface area is 169 Å². The molecule has 29 heavy (non-hydrogen) atoms. The van der Waals surface area contributed by atoms with Crippen molar-refractivity contribution in [1.29, 1.82) is 0 Å². The number of fused-ring (bicyclic) bond motifs is 5. The van der Waals surface area contributed by atoms with E-state index in [1.54, 1.807) is 30.3 Å². The van der Waals surface area contributed by atoms with E-state index < -0.39 is 0 Å². The normalized spacial score (nSPS) is 27.4. The van der Waals surface area contributed by atoms with Crippen molar-refractivity contribution in [2.24, 2.45) is 23.7 Å². The smallest absolute Gasteiger partial charge is 0.237 e. The first-order chi connectivity index (χ1) is 14.0. The monoisotopic (exact) mass is 389 g/mol. The maximum atomic E-state index is 13.0. The largest absolute Gasteiger partial charge is 0.485 e. The fraction of sp³-hybridized carbons (Fsp3) is 0.375. The Balaban J connectivity index is 1.32. The van der Waals surface area contributed by atoms with Crippen LogP contribution in [0, 0.1) is 30.6 Å². The average Bonchev–Trinajstić information content (AvgIpc) is 3.41. The molecule has 2 aromatic rings. The number of Topliss-reactive ketones (excluding diaryl/α,β-unsaturated/α-hetero) is 1. The molecule has 2 aromatic carbocycles. The van der Waals surface area contributed by atoms with E-state index in [1.165, 1.54) is 4.90 Å². The summed E-state index contributed by atoms with van der Waals surface area (Å²) in [5.74, 6) is 0.874. The van der Waals surface area contributed by atoms with Crippen LogP contribution in [0.1, 0.15) is 35.2 Å². The van der Waals surface area contributed by atoms with Crippen molar-refractivity contribution in [2.75, 3.05) is 11.5 Å². The van der Waals surface area contributed by atoms with Crippen LogP contribution in [0.15, 0.2) is 48.5 Å². The minimum Gasteiger partial charge on any atom is -0.485 e.